The number of esters is 1. The molecule has 0 radical (unpaired) electrons. The lowest BCUT2D eigenvalue weighted by Gasteiger charge is -2.05. The summed E-state index contributed by atoms with van der Waals surface area (Å²) in [6.07, 6.45) is 2.33. The zero-order chi connectivity index (χ0) is 14.7. The van der Waals surface area contributed by atoms with Gasteiger partial charge in [-0.05, 0) is 25.0 Å². The Bertz CT molecular complexity index is 682. The third kappa shape index (κ3) is 2.74. The summed E-state index contributed by atoms with van der Waals surface area (Å²) < 4.78 is 4.58. The number of aryl methyl sites for hydroxylation is 2. The summed E-state index contributed by atoms with van der Waals surface area (Å²) in [5, 5.41) is 11.8. The monoisotopic (exact) mass is 274 g/mol. The Balaban J connectivity index is 2.38. The average molecular weight is 274 g/mol. The Labute approximate surface area is 115 Å². The number of fused-ring (bicyclic) bond motifs is 1. The number of carbonyl (C=O) groups excluding carboxylic acids is 1. The molecule has 6 nitrogen and oxygen atoms in total. The predicted octanol–water partition coefficient (Wildman–Crippen LogP) is 2.56. The molecule has 0 unspecified atom stereocenters. The van der Waals surface area contributed by atoms with E-state index in [2.05, 4.69) is 9.72 Å². The fraction of sp³-hybridized carbons (Fsp3) is 0.286. The number of rotatable bonds is 4. The smallest absolute Gasteiger partial charge is 0.305 e. The average Bonchev–Trinajstić information content (AvgIpc) is 2.44. The van der Waals surface area contributed by atoms with Gasteiger partial charge in [0.2, 0.25) is 0 Å². The van der Waals surface area contributed by atoms with Gasteiger partial charge < -0.3 is 4.74 Å². The van der Waals surface area contributed by atoms with Crippen LogP contribution in [0, 0.1) is 17.0 Å². The predicted molar refractivity (Wildman–Crippen MR) is 73.5 cm³/mol. The van der Waals surface area contributed by atoms with E-state index in [-0.39, 0.29) is 18.1 Å². The number of aromatic nitrogens is 1. The second kappa shape index (κ2) is 5.64. The maximum absolute atomic E-state index is 11.1. The van der Waals surface area contributed by atoms with Crippen molar-refractivity contribution >= 4 is 22.6 Å². The Morgan fingerprint density at radius 1 is 1.45 bits per heavy atom. The van der Waals surface area contributed by atoms with Crippen molar-refractivity contribution in [3.05, 3.63) is 45.6 Å². The van der Waals surface area contributed by atoms with Crippen LogP contribution < -0.4 is 0 Å². The highest BCUT2D eigenvalue weighted by atomic mass is 16.6. The minimum absolute atomic E-state index is 0.0296. The molecule has 0 spiro atoms. The lowest BCUT2D eigenvalue weighted by Crippen LogP contribution is -2.02. The normalized spacial score (nSPS) is 10.5. The van der Waals surface area contributed by atoms with Gasteiger partial charge in [-0.1, -0.05) is 12.1 Å². The number of carbonyl (C=O) groups is 1. The first-order valence-electron chi connectivity index (χ1n) is 6.12. The number of nitro benzene ring substituents is 1. The number of hydrogen-bond acceptors (Lipinski definition) is 5. The van der Waals surface area contributed by atoms with E-state index in [9.17, 15) is 14.9 Å². The SMILES string of the molecule is COC(=O)CCc1cnc2c([N+](=O)[O-])c(C)ccc2c1. The molecule has 6 heteroatoms. The van der Waals surface area contributed by atoms with Crippen LogP contribution in [0.5, 0.6) is 0 Å². The molecule has 0 bridgehead atoms. The molecule has 0 aliphatic rings. The molecule has 0 saturated carbocycles. The van der Waals surface area contributed by atoms with Gasteiger partial charge in [0, 0.05) is 23.6 Å². The fourth-order valence-electron chi connectivity index (χ4n) is 2.05. The summed E-state index contributed by atoms with van der Waals surface area (Å²) in [5.74, 6) is -0.292. The van der Waals surface area contributed by atoms with Gasteiger partial charge in [-0.3, -0.25) is 14.9 Å². The molecular formula is C14H14N2O4. The Hall–Kier alpha value is -2.50. The van der Waals surface area contributed by atoms with Crippen LogP contribution in [0.4, 0.5) is 5.69 Å². The van der Waals surface area contributed by atoms with E-state index in [1.807, 2.05) is 6.07 Å². The van der Waals surface area contributed by atoms with Gasteiger partial charge in [0.15, 0.2) is 0 Å². The molecule has 20 heavy (non-hydrogen) atoms. The molecule has 1 heterocycles. The minimum atomic E-state index is -0.418. The molecular weight excluding hydrogens is 260 g/mol. The number of nitrogens with zero attached hydrogens (tertiary/aromatic N) is 2. The highest BCUT2D eigenvalue weighted by molar-refractivity contribution is 5.88. The van der Waals surface area contributed by atoms with Crippen molar-refractivity contribution in [1.82, 2.24) is 4.98 Å². The van der Waals surface area contributed by atoms with Crippen molar-refractivity contribution in [2.45, 2.75) is 19.8 Å². The standard InChI is InChI=1S/C14H14N2O4/c1-9-3-5-11-7-10(4-6-12(17)20-2)8-15-13(11)14(9)16(18)19/h3,5,7-8H,4,6H2,1-2H3. The maximum atomic E-state index is 11.1. The van der Waals surface area contributed by atoms with Crippen LogP contribution in [-0.4, -0.2) is 23.0 Å². The molecule has 2 rings (SSSR count). The largest absolute Gasteiger partial charge is 0.469 e. The van der Waals surface area contributed by atoms with Gasteiger partial charge in [-0.15, -0.1) is 0 Å². The number of benzene rings is 1. The first-order valence-corrected chi connectivity index (χ1v) is 6.12. The Morgan fingerprint density at radius 3 is 2.85 bits per heavy atom. The van der Waals surface area contributed by atoms with Crippen LogP contribution in [0.2, 0.25) is 0 Å². The lowest BCUT2D eigenvalue weighted by atomic mass is 10.1. The van der Waals surface area contributed by atoms with Crippen LogP contribution in [0.15, 0.2) is 24.4 Å². The molecule has 0 saturated heterocycles. The van der Waals surface area contributed by atoms with Crippen LogP contribution in [-0.2, 0) is 16.0 Å². The summed E-state index contributed by atoms with van der Waals surface area (Å²) in [6.45, 7) is 1.68. The van der Waals surface area contributed by atoms with Crippen molar-refractivity contribution < 1.29 is 14.5 Å². The molecule has 1 aromatic carbocycles. The maximum Gasteiger partial charge on any atom is 0.305 e. The van der Waals surface area contributed by atoms with Crippen LogP contribution in [0.3, 0.4) is 0 Å². The quantitative estimate of drug-likeness (QED) is 0.486. The van der Waals surface area contributed by atoms with E-state index < -0.39 is 4.92 Å². The molecule has 0 fully saturated rings. The van der Waals surface area contributed by atoms with Gasteiger partial charge in [-0.2, -0.15) is 0 Å². The minimum Gasteiger partial charge on any atom is -0.469 e. The van der Waals surface area contributed by atoms with Gasteiger partial charge in [0.25, 0.3) is 5.69 Å². The Morgan fingerprint density at radius 2 is 2.20 bits per heavy atom. The molecule has 0 aliphatic carbocycles. The number of methoxy groups -OCH3 is 1. The van der Waals surface area contributed by atoms with Crippen molar-refractivity contribution in [3.8, 4) is 0 Å². The summed E-state index contributed by atoms with van der Waals surface area (Å²) in [4.78, 5) is 25.9. The van der Waals surface area contributed by atoms with E-state index in [1.54, 1.807) is 25.3 Å². The third-order valence-corrected chi connectivity index (χ3v) is 3.11. The van der Waals surface area contributed by atoms with E-state index in [1.165, 1.54) is 7.11 Å². The number of ether oxygens (including phenoxy) is 1. The zero-order valence-electron chi connectivity index (χ0n) is 11.3. The molecule has 2 aromatic rings. The summed E-state index contributed by atoms with van der Waals surface area (Å²) >= 11 is 0. The third-order valence-electron chi connectivity index (χ3n) is 3.11. The van der Waals surface area contributed by atoms with Crippen LogP contribution in [0.1, 0.15) is 17.5 Å². The van der Waals surface area contributed by atoms with E-state index >= 15 is 0 Å². The van der Waals surface area contributed by atoms with Gasteiger partial charge in [-0.25, -0.2) is 4.98 Å². The molecule has 0 amide bonds. The summed E-state index contributed by atoms with van der Waals surface area (Å²) in [6, 6.07) is 5.32. The molecule has 0 aliphatic heterocycles. The highest BCUT2D eigenvalue weighted by Gasteiger charge is 2.17. The van der Waals surface area contributed by atoms with Crippen LogP contribution >= 0.6 is 0 Å². The molecule has 104 valence electrons. The molecule has 1 aromatic heterocycles. The molecule has 0 N–H and O–H groups in total. The van der Waals surface area contributed by atoms with Crippen molar-refractivity contribution in [2.75, 3.05) is 7.11 Å². The summed E-state index contributed by atoms with van der Waals surface area (Å²) in [5.41, 5.74) is 1.83. The van der Waals surface area contributed by atoms with E-state index in [4.69, 9.17) is 0 Å². The van der Waals surface area contributed by atoms with Crippen molar-refractivity contribution in [1.29, 1.82) is 0 Å². The Kier molecular flexibility index (Phi) is 3.93. The van der Waals surface area contributed by atoms with Gasteiger partial charge in [0.05, 0.1) is 12.0 Å². The second-order valence-corrected chi connectivity index (χ2v) is 4.48. The first-order chi connectivity index (χ1) is 9.52. The fourth-order valence-corrected chi connectivity index (χ4v) is 2.05. The van der Waals surface area contributed by atoms with Crippen molar-refractivity contribution in [3.63, 3.8) is 0 Å². The molecule has 0 atom stereocenters. The first kappa shape index (κ1) is 13.9. The number of pyridine rings is 1. The lowest BCUT2D eigenvalue weighted by molar-refractivity contribution is -0.383. The number of hydrogen-bond donors (Lipinski definition) is 0. The van der Waals surface area contributed by atoms with E-state index in [0.29, 0.717) is 22.9 Å². The van der Waals surface area contributed by atoms with Gasteiger partial charge in [0.1, 0.15) is 5.52 Å². The topological polar surface area (TPSA) is 82.3 Å². The van der Waals surface area contributed by atoms with Gasteiger partial charge >= 0.3 is 5.97 Å². The number of nitro groups is 1. The zero-order valence-corrected chi connectivity index (χ0v) is 11.3. The second-order valence-electron chi connectivity index (χ2n) is 4.48. The summed E-state index contributed by atoms with van der Waals surface area (Å²) in [7, 11) is 1.34. The highest BCUT2D eigenvalue weighted by Crippen LogP contribution is 2.28. The van der Waals surface area contributed by atoms with E-state index in [0.717, 1.165) is 5.56 Å². The van der Waals surface area contributed by atoms with Crippen LogP contribution in [0.25, 0.3) is 10.9 Å². The van der Waals surface area contributed by atoms with Crippen molar-refractivity contribution in [2.24, 2.45) is 0 Å².